The summed E-state index contributed by atoms with van der Waals surface area (Å²) >= 11 is 3.39. The fourth-order valence-electron chi connectivity index (χ4n) is 2.72. The van der Waals surface area contributed by atoms with E-state index in [9.17, 15) is 17.6 Å². The Kier molecular flexibility index (Phi) is 5.07. The fourth-order valence-corrected chi connectivity index (χ4v) is 3.04. The first kappa shape index (κ1) is 19.5. The van der Waals surface area contributed by atoms with Crippen LogP contribution in [0.15, 0.2) is 28.7 Å². The first-order valence-corrected chi connectivity index (χ1v) is 8.81. The number of anilines is 1. The van der Waals surface area contributed by atoms with Crippen LogP contribution in [0.5, 0.6) is 0 Å². The van der Waals surface area contributed by atoms with Gasteiger partial charge in [-0.3, -0.25) is 0 Å². The molecule has 1 N–H and O–H groups in total. The van der Waals surface area contributed by atoms with E-state index in [2.05, 4.69) is 36.2 Å². The van der Waals surface area contributed by atoms with Crippen LogP contribution < -0.4 is 5.32 Å². The summed E-state index contributed by atoms with van der Waals surface area (Å²) in [7, 11) is 0. The van der Waals surface area contributed by atoms with Crippen LogP contribution in [0.1, 0.15) is 35.6 Å². The maximum atomic E-state index is 14.4. The van der Waals surface area contributed by atoms with Gasteiger partial charge in [-0.2, -0.15) is 13.2 Å². The SMILES string of the molecule is Cc1nc(N[C@H](C)c2cccc(C(F)(F)F)c2F)c2cc(Br)c(C)nc2n1. The van der Waals surface area contributed by atoms with Crippen LogP contribution in [0.25, 0.3) is 11.0 Å². The molecule has 0 amide bonds. The van der Waals surface area contributed by atoms with Crippen molar-refractivity contribution in [2.24, 2.45) is 0 Å². The Morgan fingerprint density at radius 1 is 1.11 bits per heavy atom. The number of benzene rings is 1. The second-order valence-corrected chi connectivity index (χ2v) is 6.97. The van der Waals surface area contributed by atoms with Crippen molar-refractivity contribution < 1.29 is 17.6 Å². The molecule has 2 heterocycles. The van der Waals surface area contributed by atoms with Gasteiger partial charge in [-0.15, -0.1) is 0 Å². The molecule has 27 heavy (non-hydrogen) atoms. The number of hydrogen-bond acceptors (Lipinski definition) is 4. The highest BCUT2D eigenvalue weighted by Crippen LogP contribution is 2.35. The van der Waals surface area contributed by atoms with Crippen LogP contribution in [0.3, 0.4) is 0 Å². The van der Waals surface area contributed by atoms with Gasteiger partial charge in [-0.05, 0) is 48.8 Å². The van der Waals surface area contributed by atoms with E-state index in [4.69, 9.17) is 0 Å². The third kappa shape index (κ3) is 3.87. The minimum Gasteiger partial charge on any atom is -0.363 e. The number of aromatic nitrogens is 3. The molecule has 0 saturated heterocycles. The molecule has 3 aromatic rings. The van der Waals surface area contributed by atoms with E-state index in [1.165, 1.54) is 12.1 Å². The van der Waals surface area contributed by atoms with Crippen LogP contribution in [-0.4, -0.2) is 15.0 Å². The van der Waals surface area contributed by atoms with Gasteiger partial charge in [0, 0.05) is 10.0 Å². The number of alkyl halides is 3. The van der Waals surface area contributed by atoms with Gasteiger partial charge >= 0.3 is 6.18 Å². The molecule has 0 unspecified atom stereocenters. The Labute approximate surface area is 161 Å². The molecule has 1 aromatic carbocycles. The van der Waals surface area contributed by atoms with Crippen LogP contribution in [0.4, 0.5) is 23.4 Å². The number of aryl methyl sites for hydroxylation is 2. The van der Waals surface area contributed by atoms with Crippen LogP contribution >= 0.6 is 15.9 Å². The summed E-state index contributed by atoms with van der Waals surface area (Å²) in [4.78, 5) is 13.0. The normalized spacial score (nSPS) is 13.0. The van der Waals surface area contributed by atoms with Gasteiger partial charge in [-0.1, -0.05) is 12.1 Å². The van der Waals surface area contributed by atoms with Crippen molar-refractivity contribution in [3.8, 4) is 0 Å². The third-order valence-corrected chi connectivity index (χ3v) is 4.88. The van der Waals surface area contributed by atoms with Crippen molar-refractivity contribution in [2.45, 2.75) is 33.0 Å². The van der Waals surface area contributed by atoms with E-state index >= 15 is 0 Å². The summed E-state index contributed by atoms with van der Waals surface area (Å²) in [5, 5.41) is 3.57. The molecule has 142 valence electrons. The second kappa shape index (κ2) is 7.03. The van der Waals surface area contributed by atoms with Gasteiger partial charge in [0.15, 0.2) is 5.65 Å². The smallest absolute Gasteiger partial charge is 0.363 e. The van der Waals surface area contributed by atoms with E-state index < -0.39 is 23.6 Å². The molecule has 0 radical (unpaired) electrons. The molecule has 9 heteroatoms. The van der Waals surface area contributed by atoms with Crippen molar-refractivity contribution in [2.75, 3.05) is 5.32 Å². The minimum atomic E-state index is -4.76. The molecule has 0 aliphatic heterocycles. The van der Waals surface area contributed by atoms with E-state index in [0.29, 0.717) is 22.7 Å². The number of halogens is 5. The Hall–Kier alpha value is -2.29. The summed E-state index contributed by atoms with van der Waals surface area (Å²) in [6.45, 7) is 5.06. The molecular formula is C18H15BrF4N4. The topological polar surface area (TPSA) is 50.7 Å². The molecule has 4 nitrogen and oxygen atoms in total. The van der Waals surface area contributed by atoms with Gasteiger partial charge in [0.05, 0.1) is 22.7 Å². The molecule has 0 spiro atoms. The predicted molar refractivity (Wildman–Crippen MR) is 97.9 cm³/mol. The molecule has 0 aliphatic carbocycles. The van der Waals surface area contributed by atoms with E-state index in [1.54, 1.807) is 19.9 Å². The van der Waals surface area contributed by atoms with Crippen molar-refractivity contribution in [3.63, 3.8) is 0 Å². The maximum absolute atomic E-state index is 14.4. The van der Waals surface area contributed by atoms with Crippen molar-refractivity contribution in [3.05, 3.63) is 57.2 Å². The van der Waals surface area contributed by atoms with E-state index in [1.807, 2.05) is 6.92 Å². The molecule has 0 fully saturated rings. The summed E-state index contributed by atoms with van der Waals surface area (Å²) in [5.41, 5.74) is -0.211. The standard InChI is InChI=1S/C18H15BrF4N4/c1-8(11-5-4-6-13(15(11)20)18(21,22)23)24-16-12-7-14(19)9(2)25-17(12)27-10(3)26-16/h4-8H,1-3H3,(H,24,25,26,27)/t8-/m1/s1. The predicted octanol–water partition coefficient (Wildman–Crippen LogP) is 5.74. The Morgan fingerprint density at radius 3 is 2.48 bits per heavy atom. The molecule has 0 aliphatic rings. The van der Waals surface area contributed by atoms with Gasteiger partial charge in [0.1, 0.15) is 17.5 Å². The summed E-state index contributed by atoms with van der Waals surface area (Å²) in [6.07, 6.45) is -4.76. The third-order valence-electron chi connectivity index (χ3n) is 4.08. The lowest BCUT2D eigenvalue weighted by atomic mass is 10.0. The highest BCUT2D eigenvalue weighted by atomic mass is 79.9. The first-order chi connectivity index (χ1) is 12.6. The number of nitrogens with one attached hydrogen (secondary N) is 1. The molecule has 1 atom stereocenters. The van der Waals surface area contributed by atoms with Crippen molar-refractivity contribution in [1.82, 2.24) is 15.0 Å². The van der Waals surface area contributed by atoms with Gasteiger partial charge in [0.2, 0.25) is 0 Å². The van der Waals surface area contributed by atoms with Crippen molar-refractivity contribution >= 4 is 32.8 Å². The molecule has 0 bridgehead atoms. The van der Waals surface area contributed by atoms with Crippen LogP contribution in [0, 0.1) is 19.7 Å². The highest BCUT2D eigenvalue weighted by molar-refractivity contribution is 9.10. The molecule has 2 aromatic heterocycles. The number of fused-ring (bicyclic) bond motifs is 1. The molecule has 0 saturated carbocycles. The summed E-state index contributed by atoms with van der Waals surface area (Å²) in [6, 6.07) is 4.24. The fraction of sp³-hybridized carbons (Fsp3) is 0.278. The van der Waals surface area contributed by atoms with Gasteiger partial charge < -0.3 is 5.32 Å². The molecular weight excluding hydrogens is 428 g/mol. The quantitative estimate of drug-likeness (QED) is 0.525. The average Bonchev–Trinajstić information content (AvgIpc) is 2.55. The van der Waals surface area contributed by atoms with Gasteiger partial charge in [0.25, 0.3) is 0 Å². The lowest BCUT2D eigenvalue weighted by Gasteiger charge is -2.19. The lowest BCUT2D eigenvalue weighted by molar-refractivity contribution is -0.140. The summed E-state index contributed by atoms with van der Waals surface area (Å²) < 4.78 is 54.1. The van der Waals surface area contributed by atoms with Crippen LogP contribution in [0.2, 0.25) is 0 Å². The number of pyridine rings is 1. The zero-order valence-electron chi connectivity index (χ0n) is 14.6. The van der Waals surface area contributed by atoms with Gasteiger partial charge in [-0.25, -0.2) is 19.3 Å². The summed E-state index contributed by atoms with van der Waals surface area (Å²) in [5.74, 6) is -0.485. The zero-order valence-corrected chi connectivity index (χ0v) is 16.2. The number of rotatable bonds is 3. The maximum Gasteiger partial charge on any atom is 0.419 e. The van der Waals surface area contributed by atoms with E-state index in [-0.39, 0.29) is 5.56 Å². The Morgan fingerprint density at radius 2 is 1.81 bits per heavy atom. The average molecular weight is 443 g/mol. The zero-order chi connectivity index (χ0) is 19.9. The largest absolute Gasteiger partial charge is 0.419 e. The Bertz CT molecular complexity index is 1020. The second-order valence-electron chi connectivity index (χ2n) is 6.12. The van der Waals surface area contributed by atoms with E-state index in [0.717, 1.165) is 16.2 Å². The number of nitrogens with zero attached hydrogens (tertiary/aromatic N) is 3. The van der Waals surface area contributed by atoms with Crippen LogP contribution in [-0.2, 0) is 6.18 Å². The number of hydrogen-bond donors (Lipinski definition) is 1. The first-order valence-electron chi connectivity index (χ1n) is 8.01. The monoisotopic (exact) mass is 442 g/mol. The lowest BCUT2D eigenvalue weighted by Crippen LogP contribution is -2.15. The van der Waals surface area contributed by atoms with Crippen molar-refractivity contribution in [1.29, 1.82) is 0 Å². The minimum absolute atomic E-state index is 0.103. The highest BCUT2D eigenvalue weighted by Gasteiger charge is 2.35. The Balaban J connectivity index is 2.05. The molecule has 3 rings (SSSR count).